The van der Waals surface area contributed by atoms with Gasteiger partial charge in [-0.05, 0) is 13.8 Å². The number of nitrogens with two attached hydrogens (primary N) is 1. The van der Waals surface area contributed by atoms with Crippen molar-refractivity contribution in [2.45, 2.75) is 19.9 Å². The minimum atomic E-state index is -0.789. The fourth-order valence-corrected chi connectivity index (χ4v) is 1.71. The molecule has 0 aliphatic rings. The molecule has 0 fully saturated rings. The van der Waals surface area contributed by atoms with Crippen LogP contribution in [0.2, 0.25) is 0 Å². The number of hydrogen-bond acceptors (Lipinski definition) is 4. The zero-order valence-electron chi connectivity index (χ0n) is 11.6. The van der Waals surface area contributed by atoms with Crippen LogP contribution in [-0.2, 0) is 16.6 Å². The lowest BCUT2D eigenvalue weighted by molar-refractivity contribution is -0.137. The highest BCUT2D eigenvalue weighted by Crippen LogP contribution is 2.11. The van der Waals surface area contributed by atoms with Gasteiger partial charge in [0.2, 0.25) is 11.8 Å². The van der Waals surface area contributed by atoms with Crippen molar-refractivity contribution in [2.75, 3.05) is 19.6 Å². The summed E-state index contributed by atoms with van der Waals surface area (Å²) in [7, 11) is 1.76. The van der Waals surface area contributed by atoms with Gasteiger partial charge in [-0.1, -0.05) is 0 Å². The summed E-state index contributed by atoms with van der Waals surface area (Å²) in [5, 5.41) is 6.64. The topological polar surface area (TPSA) is 93.2 Å². The molecule has 1 aromatic heterocycles. The summed E-state index contributed by atoms with van der Waals surface area (Å²) in [6, 6.07) is -0.789. The molecular weight excluding hydrogens is 246 g/mol. The van der Waals surface area contributed by atoms with Crippen LogP contribution in [0.3, 0.4) is 0 Å². The van der Waals surface area contributed by atoms with E-state index in [-0.39, 0.29) is 18.4 Å². The Bertz CT molecular complexity index is 443. The van der Waals surface area contributed by atoms with Crippen molar-refractivity contribution < 1.29 is 9.59 Å². The van der Waals surface area contributed by atoms with Crippen LogP contribution in [0.15, 0.2) is 12.4 Å². The summed E-state index contributed by atoms with van der Waals surface area (Å²) in [6.07, 6.45) is 3.26. The summed E-state index contributed by atoms with van der Waals surface area (Å²) in [4.78, 5) is 25.2. The number of amides is 2. The maximum Gasteiger partial charge on any atom is 0.244 e. The van der Waals surface area contributed by atoms with E-state index < -0.39 is 6.04 Å². The second-order valence-corrected chi connectivity index (χ2v) is 4.23. The predicted octanol–water partition coefficient (Wildman–Crippen LogP) is -0.595. The van der Waals surface area contributed by atoms with Crippen molar-refractivity contribution in [3.8, 4) is 0 Å². The van der Waals surface area contributed by atoms with Gasteiger partial charge in [0.05, 0.1) is 12.7 Å². The van der Waals surface area contributed by atoms with Gasteiger partial charge >= 0.3 is 0 Å². The fraction of sp³-hybridized carbons (Fsp3) is 0.583. The molecule has 0 saturated heterocycles. The molecule has 0 saturated carbocycles. The van der Waals surface area contributed by atoms with Crippen molar-refractivity contribution >= 4 is 11.8 Å². The molecular formula is C12H21N5O2. The summed E-state index contributed by atoms with van der Waals surface area (Å²) in [5.41, 5.74) is 6.54. The first kappa shape index (κ1) is 15.2. The first-order chi connectivity index (χ1) is 8.99. The average molecular weight is 267 g/mol. The normalized spacial score (nSPS) is 12.0. The molecule has 0 radical (unpaired) electrons. The molecule has 0 bridgehead atoms. The van der Waals surface area contributed by atoms with Gasteiger partial charge < -0.3 is 16.0 Å². The number of hydrogen-bond donors (Lipinski definition) is 2. The summed E-state index contributed by atoms with van der Waals surface area (Å²) >= 11 is 0. The molecule has 0 aliphatic carbocycles. The van der Waals surface area contributed by atoms with E-state index in [1.807, 2.05) is 13.8 Å². The molecule has 2 amide bonds. The predicted molar refractivity (Wildman–Crippen MR) is 71.1 cm³/mol. The second-order valence-electron chi connectivity index (χ2n) is 4.23. The Morgan fingerprint density at radius 2 is 2.21 bits per heavy atom. The van der Waals surface area contributed by atoms with Gasteiger partial charge in [-0.3, -0.25) is 14.3 Å². The third-order valence-corrected chi connectivity index (χ3v) is 2.75. The average Bonchev–Trinajstić information content (AvgIpc) is 2.81. The minimum absolute atomic E-state index is 0.0249. The van der Waals surface area contributed by atoms with E-state index in [4.69, 9.17) is 5.73 Å². The highest BCUT2D eigenvalue weighted by Gasteiger charge is 2.23. The van der Waals surface area contributed by atoms with E-state index >= 15 is 0 Å². The number of aromatic nitrogens is 2. The van der Waals surface area contributed by atoms with Crippen molar-refractivity contribution in [1.82, 2.24) is 20.0 Å². The number of nitrogens with one attached hydrogen (secondary N) is 1. The van der Waals surface area contributed by atoms with Crippen LogP contribution in [0.4, 0.5) is 0 Å². The third kappa shape index (κ3) is 4.06. The lowest BCUT2D eigenvalue weighted by atomic mass is 10.1. The standard InChI is InChI=1S/C12H21N5O2/c1-4-14-10(18)8-17(5-2)12(19)11(13)9-6-15-16(3)7-9/h6-7,11H,4-5,8,13H2,1-3H3,(H,14,18). The molecule has 3 N–H and O–H groups in total. The Morgan fingerprint density at radius 3 is 2.68 bits per heavy atom. The molecule has 1 rings (SSSR count). The Balaban J connectivity index is 2.70. The van der Waals surface area contributed by atoms with Crippen molar-refractivity contribution in [3.05, 3.63) is 18.0 Å². The molecule has 1 heterocycles. The highest BCUT2D eigenvalue weighted by atomic mass is 16.2. The summed E-state index contributed by atoms with van der Waals surface area (Å²) < 4.78 is 1.59. The number of rotatable bonds is 6. The third-order valence-electron chi connectivity index (χ3n) is 2.75. The van der Waals surface area contributed by atoms with E-state index in [1.165, 1.54) is 4.90 Å². The van der Waals surface area contributed by atoms with Crippen LogP contribution in [0.1, 0.15) is 25.5 Å². The van der Waals surface area contributed by atoms with Gasteiger partial charge in [0.1, 0.15) is 6.04 Å². The van der Waals surface area contributed by atoms with Gasteiger partial charge in [0.25, 0.3) is 0 Å². The number of carbonyl (C=O) groups is 2. The molecule has 1 atom stereocenters. The lowest BCUT2D eigenvalue weighted by Crippen LogP contribution is -2.44. The maximum absolute atomic E-state index is 12.2. The first-order valence-electron chi connectivity index (χ1n) is 6.29. The smallest absolute Gasteiger partial charge is 0.244 e. The van der Waals surface area contributed by atoms with Gasteiger partial charge in [-0.2, -0.15) is 5.10 Å². The second kappa shape index (κ2) is 6.89. The molecule has 106 valence electrons. The SMILES string of the molecule is CCNC(=O)CN(CC)C(=O)C(N)c1cnn(C)c1. The van der Waals surface area contributed by atoms with Crippen LogP contribution in [0.25, 0.3) is 0 Å². The molecule has 0 aliphatic heterocycles. The Morgan fingerprint density at radius 1 is 1.53 bits per heavy atom. The van der Waals surface area contributed by atoms with E-state index in [9.17, 15) is 9.59 Å². The van der Waals surface area contributed by atoms with Gasteiger partial charge in [-0.25, -0.2) is 0 Å². The molecule has 1 unspecified atom stereocenters. The Labute approximate surface area is 112 Å². The molecule has 0 aromatic carbocycles. The molecule has 1 aromatic rings. The van der Waals surface area contributed by atoms with E-state index in [0.29, 0.717) is 18.7 Å². The number of carbonyl (C=O) groups excluding carboxylic acids is 2. The first-order valence-corrected chi connectivity index (χ1v) is 6.29. The van der Waals surface area contributed by atoms with E-state index in [1.54, 1.807) is 24.1 Å². The van der Waals surface area contributed by atoms with Crippen molar-refractivity contribution in [1.29, 1.82) is 0 Å². The zero-order chi connectivity index (χ0) is 14.4. The molecule has 0 spiro atoms. The highest BCUT2D eigenvalue weighted by molar-refractivity contribution is 5.88. The van der Waals surface area contributed by atoms with Crippen molar-refractivity contribution in [3.63, 3.8) is 0 Å². The van der Waals surface area contributed by atoms with E-state index in [2.05, 4.69) is 10.4 Å². The lowest BCUT2D eigenvalue weighted by Gasteiger charge is -2.23. The molecule has 7 heteroatoms. The Kier molecular flexibility index (Phi) is 5.50. The van der Waals surface area contributed by atoms with Gasteiger partial charge in [0, 0.05) is 31.9 Å². The van der Waals surface area contributed by atoms with Gasteiger partial charge in [0.15, 0.2) is 0 Å². The van der Waals surface area contributed by atoms with Crippen molar-refractivity contribution in [2.24, 2.45) is 12.8 Å². The van der Waals surface area contributed by atoms with Crippen LogP contribution in [0.5, 0.6) is 0 Å². The van der Waals surface area contributed by atoms with Gasteiger partial charge in [-0.15, -0.1) is 0 Å². The number of nitrogens with zero attached hydrogens (tertiary/aromatic N) is 3. The minimum Gasteiger partial charge on any atom is -0.355 e. The number of aryl methyl sites for hydroxylation is 1. The summed E-state index contributed by atoms with van der Waals surface area (Å²) in [5.74, 6) is -0.460. The molecule has 19 heavy (non-hydrogen) atoms. The quantitative estimate of drug-likeness (QED) is 0.720. The monoisotopic (exact) mass is 267 g/mol. The van der Waals surface area contributed by atoms with E-state index in [0.717, 1.165) is 0 Å². The summed E-state index contributed by atoms with van der Waals surface area (Å²) in [6.45, 7) is 4.64. The Hall–Kier alpha value is -1.89. The van der Waals surface area contributed by atoms with Crippen LogP contribution >= 0.6 is 0 Å². The molecule has 7 nitrogen and oxygen atoms in total. The van der Waals surface area contributed by atoms with Crippen LogP contribution in [-0.4, -0.2) is 46.1 Å². The fourth-order valence-electron chi connectivity index (χ4n) is 1.71. The van der Waals surface area contributed by atoms with Crippen LogP contribution < -0.4 is 11.1 Å². The number of likely N-dealkylation sites (N-methyl/N-ethyl adjacent to an activating group) is 2. The zero-order valence-corrected chi connectivity index (χ0v) is 11.6. The largest absolute Gasteiger partial charge is 0.355 e. The van der Waals surface area contributed by atoms with Crippen LogP contribution in [0, 0.1) is 0 Å². The maximum atomic E-state index is 12.2.